The van der Waals surface area contributed by atoms with E-state index in [0.717, 1.165) is 37.2 Å². The summed E-state index contributed by atoms with van der Waals surface area (Å²) in [7, 11) is 0. The molecule has 80 valence electrons. The summed E-state index contributed by atoms with van der Waals surface area (Å²) in [4.78, 5) is 2.35. The fourth-order valence-corrected chi connectivity index (χ4v) is 1.96. The van der Waals surface area contributed by atoms with Crippen LogP contribution < -0.4 is 0 Å². The van der Waals surface area contributed by atoms with Gasteiger partial charge in [-0.3, -0.25) is 4.90 Å². The minimum atomic E-state index is -0.103. The molecule has 0 spiro atoms. The predicted molar refractivity (Wildman–Crippen MR) is 61.1 cm³/mol. The molecule has 0 bridgehead atoms. The molecule has 0 fully saturated rings. The standard InChI is InChI=1S/C13H16FN/c1-2-15-9-7-11(8-10-15)12-5-3-4-6-13(12)14/h3-7H,2,8-10H2,1H3. The third-order valence-electron chi connectivity index (χ3n) is 2.96. The van der Waals surface area contributed by atoms with Crippen molar-refractivity contribution in [2.45, 2.75) is 13.3 Å². The first-order valence-corrected chi connectivity index (χ1v) is 5.47. The lowest BCUT2D eigenvalue weighted by molar-refractivity contribution is 0.318. The van der Waals surface area contributed by atoms with Crippen LogP contribution in [0.4, 0.5) is 4.39 Å². The molecule has 1 aromatic rings. The SMILES string of the molecule is CCN1CC=C(c2ccccc2F)CC1. The first kappa shape index (κ1) is 10.4. The highest BCUT2D eigenvalue weighted by atomic mass is 19.1. The topological polar surface area (TPSA) is 3.24 Å². The van der Waals surface area contributed by atoms with Gasteiger partial charge in [0, 0.05) is 18.7 Å². The van der Waals surface area contributed by atoms with Crippen LogP contribution in [0.5, 0.6) is 0 Å². The Balaban J connectivity index is 2.19. The molecule has 15 heavy (non-hydrogen) atoms. The van der Waals surface area contributed by atoms with Gasteiger partial charge in [0.25, 0.3) is 0 Å². The number of nitrogens with zero attached hydrogens (tertiary/aromatic N) is 1. The zero-order valence-corrected chi connectivity index (χ0v) is 9.04. The first-order chi connectivity index (χ1) is 7.31. The van der Waals surface area contributed by atoms with Gasteiger partial charge in [-0.25, -0.2) is 4.39 Å². The van der Waals surface area contributed by atoms with Gasteiger partial charge in [-0.1, -0.05) is 31.2 Å². The minimum absolute atomic E-state index is 0.103. The molecule has 1 aromatic carbocycles. The number of hydrogen-bond donors (Lipinski definition) is 0. The number of halogens is 1. The summed E-state index contributed by atoms with van der Waals surface area (Å²) in [5, 5.41) is 0. The molecule has 0 atom stereocenters. The smallest absolute Gasteiger partial charge is 0.130 e. The summed E-state index contributed by atoms with van der Waals surface area (Å²) in [6, 6.07) is 7.02. The van der Waals surface area contributed by atoms with E-state index in [9.17, 15) is 4.39 Å². The molecule has 2 heteroatoms. The van der Waals surface area contributed by atoms with Crippen LogP contribution in [0.3, 0.4) is 0 Å². The zero-order valence-electron chi connectivity index (χ0n) is 9.04. The fourth-order valence-electron chi connectivity index (χ4n) is 1.96. The molecular weight excluding hydrogens is 189 g/mol. The molecule has 0 amide bonds. The summed E-state index contributed by atoms with van der Waals surface area (Å²) in [5.41, 5.74) is 1.92. The molecule has 0 aromatic heterocycles. The van der Waals surface area contributed by atoms with Crippen LogP contribution >= 0.6 is 0 Å². The molecule has 1 heterocycles. The maximum atomic E-state index is 13.5. The Morgan fingerprint density at radius 1 is 1.33 bits per heavy atom. The monoisotopic (exact) mass is 205 g/mol. The van der Waals surface area contributed by atoms with Crippen molar-refractivity contribution >= 4 is 5.57 Å². The van der Waals surface area contributed by atoms with Crippen LogP contribution in [0.15, 0.2) is 30.3 Å². The fraction of sp³-hybridized carbons (Fsp3) is 0.385. The zero-order chi connectivity index (χ0) is 10.7. The summed E-state index contributed by atoms with van der Waals surface area (Å²) >= 11 is 0. The summed E-state index contributed by atoms with van der Waals surface area (Å²) < 4.78 is 13.5. The van der Waals surface area contributed by atoms with Gasteiger partial charge in [0.1, 0.15) is 5.82 Å². The van der Waals surface area contributed by atoms with Gasteiger partial charge < -0.3 is 0 Å². The van der Waals surface area contributed by atoms with E-state index in [4.69, 9.17) is 0 Å². The molecule has 0 saturated carbocycles. The summed E-state index contributed by atoms with van der Waals surface area (Å²) in [6.07, 6.45) is 3.10. The molecule has 1 aliphatic rings. The molecular formula is C13H16FN. The Labute approximate surface area is 90.2 Å². The van der Waals surface area contributed by atoms with Gasteiger partial charge in [0.15, 0.2) is 0 Å². The Bertz CT molecular complexity index is 371. The highest BCUT2D eigenvalue weighted by Gasteiger charge is 2.13. The second kappa shape index (κ2) is 4.58. The first-order valence-electron chi connectivity index (χ1n) is 5.47. The van der Waals surface area contributed by atoms with Gasteiger partial charge >= 0.3 is 0 Å². The number of hydrogen-bond acceptors (Lipinski definition) is 1. The van der Waals surface area contributed by atoms with Crippen molar-refractivity contribution in [1.29, 1.82) is 0 Å². The van der Waals surface area contributed by atoms with Crippen LogP contribution in [0.25, 0.3) is 5.57 Å². The normalized spacial score (nSPS) is 17.6. The van der Waals surface area contributed by atoms with E-state index in [1.807, 2.05) is 12.1 Å². The Kier molecular flexibility index (Phi) is 3.17. The van der Waals surface area contributed by atoms with E-state index in [0.29, 0.717) is 0 Å². The average Bonchev–Trinajstić information content (AvgIpc) is 2.30. The van der Waals surface area contributed by atoms with Gasteiger partial charge in [0.2, 0.25) is 0 Å². The van der Waals surface area contributed by atoms with Crippen molar-refractivity contribution in [2.75, 3.05) is 19.6 Å². The second-order valence-corrected chi connectivity index (χ2v) is 3.85. The molecule has 0 unspecified atom stereocenters. The van der Waals surface area contributed by atoms with Crippen molar-refractivity contribution in [3.05, 3.63) is 41.7 Å². The molecule has 0 aliphatic carbocycles. The maximum Gasteiger partial charge on any atom is 0.130 e. The Hall–Kier alpha value is -1.15. The Morgan fingerprint density at radius 2 is 2.13 bits per heavy atom. The van der Waals surface area contributed by atoms with Crippen LogP contribution in [-0.4, -0.2) is 24.5 Å². The lowest BCUT2D eigenvalue weighted by atomic mass is 9.99. The predicted octanol–water partition coefficient (Wildman–Crippen LogP) is 2.93. The highest BCUT2D eigenvalue weighted by Crippen LogP contribution is 2.24. The van der Waals surface area contributed by atoms with E-state index < -0.39 is 0 Å². The van der Waals surface area contributed by atoms with Crippen molar-refractivity contribution in [3.63, 3.8) is 0 Å². The number of benzene rings is 1. The quantitative estimate of drug-likeness (QED) is 0.717. The second-order valence-electron chi connectivity index (χ2n) is 3.85. The van der Waals surface area contributed by atoms with Crippen molar-refractivity contribution in [2.24, 2.45) is 0 Å². The van der Waals surface area contributed by atoms with E-state index in [-0.39, 0.29) is 5.82 Å². The Morgan fingerprint density at radius 3 is 2.73 bits per heavy atom. The van der Waals surface area contributed by atoms with Gasteiger partial charge in [-0.05, 0) is 24.6 Å². The number of rotatable bonds is 2. The van der Waals surface area contributed by atoms with Crippen LogP contribution in [0.1, 0.15) is 18.9 Å². The maximum absolute atomic E-state index is 13.5. The third-order valence-corrected chi connectivity index (χ3v) is 2.96. The van der Waals surface area contributed by atoms with Crippen LogP contribution in [-0.2, 0) is 0 Å². The summed E-state index contributed by atoms with van der Waals surface area (Å²) in [6.45, 7) is 5.21. The third kappa shape index (κ3) is 2.26. The van der Waals surface area contributed by atoms with Gasteiger partial charge in [-0.15, -0.1) is 0 Å². The van der Waals surface area contributed by atoms with Gasteiger partial charge in [-0.2, -0.15) is 0 Å². The highest BCUT2D eigenvalue weighted by molar-refractivity contribution is 5.66. The van der Waals surface area contributed by atoms with Gasteiger partial charge in [0.05, 0.1) is 0 Å². The van der Waals surface area contributed by atoms with Crippen molar-refractivity contribution < 1.29 is 4.39 Å². The average molecular weight is 205 g/mol. The lowest BCUT2D eigenvalue weighted by Crippen LogP contribution is -2.28. The van der Waals surface area contributed by atoms with E-state index >= 15 is 0 Å². The van der Waals surface area contributed by atoms with E-state index in [1.54, 1.807) is 6.07 Å². The minimum Gasteiger partial charge on any atom is -0.300 e. The van der Waals surface area contributed by atoms with Crippen LogP contribution in [0, 0.1) is 5.82 Å². The van der Waals surface area contributed by atoms with Crippen LogP contribution in [0.2, 0.25) is 0 Å². The molecule has 2 rings (SSSR count). The van der Waals surface area contributed by atoms with E-state index in [2.05, 4.69) is 17.9 Å². The largest absolute Gasteiger partial charge is 0.300 e. The number of likely N-dealkylation sites (N-methyl/N-ethyl adjacent to an activating group) is 1. The molecule has 0 saturated heterocycles. The lowest BCUT2D eigenvalue weighted by Gasteiger charge is -2.25. The molecule has 1 nitrogen and oxygen atoms in total. The molecule has 1 aliphatic heterocycles. The van der Waals surface area contributed by atoms with Crippen molar-refractivity contribution in [3.8, 4) is 0 Å². The molecule has 0 radical (unpaired) electrons. The van der Waals surface area contributed by atoms with E-state index in [1.165, 1.54) is 6.07 Å². The molecule has 0 N–H and O–H groups in total. The van der Waals surface area contributed by atoms with Crippen molar-refractivity contribution in [1.82, 2.24) is 4.90 Å². The summed E-state index contributed by atoms with van der Waals surface area (Å²) in [5.74, 6) is -0.103.